The second kappa shape index (κ2) is 5.89. The number of nitrogens with one attached hydrogen (secondary N) is 2. The lowest BCUT2D eigenvalue weighted by molar-refractivity contribution is 0.103. The number of carbonyl (C=O) groups is 1. The Balaban J connectivity index is 1.81. The molecule has 26 heavy (non-hydrogen) atoms. The smallest absolute Gasteiger partial charge is 0.262 e. The summed E-state index contributed by atoms with van der Waals surface area (Å²) in [5, 5.41) is 4.11. The number of benzene rings is 3. The summed E-state index contributed by atoms with van der Waals surface area (Å²) in [5.41, 5.74) is 1.38. The molecule has 0 unspecified atom stereocenters. The van der Waals surface area contributed by atoms with E-state index in [1.165, 1.54) is 19.2 Å². The van der Waals surface area contributed by atoms with E-state index in [4.69, 9.17) is 16.3 Å². The molecule has 0 radical (unpaired) electrons. The maximum Gasteiger partial charge on any atom is 0.262 e. The van der Waals surface area contributed by atoms with Gasteiger partial charge in [-0.2, -0.15) is 0 Å². The average molecular weight is 389 g/mol. The molecule has 0 fully saturated rings. The highest BCUT2D eigenvalue weighted by molar-refractivity contribution is 7.93. The summed E-state index contributed by atoms with van der Waals surface area (Å²) in [4.78, 5) is 12.1. The van der Waals surface area contributed by atoms with Crippen LogP contribution in [0.3, 0.4) is 0 Å². The first-order valence-corrected chi connectivity index (χ1v) is 9.50. The maximum atomic E-state index is 12.9. The molecular weight excluding hydrogens is 376 g/mol. The molecular formula is C18H13ClN2O4S. The highest BCUT2D eigenvalue weighted by Crippen LogP contribution is 2.37. The lowest BCUT2D eigenvalue weighted by Gasteiger charge is -2.12. The van der Waals surface area contributed by atoms with Crippen molar-refractivity contribution in [2.45, 2.75) is 4.90 Å². The van der Waals surface area contributed by atoms with Gasteiger partial charge in [0.25, 0.3) is 15.9 Å². The van der Waals surface area contributed by atoms with Crippen LogP contribution < -0.4 is 14.8 Å². The van der Waals surface area contributed by atoms with Gasteiger partial charge >= 0.3 is 0 Å². The number of carbonyl (C=O) groups excluding carboxylic acids is 1. The molecule has 1 heterocycles. The Morgan fingerprint density at radius 2 is 1.92 bits per heavy atom. The van der Waals surface area contributed by atoms with Crippen LogP contribution in [0.15, 0.2) is 53.4 Å². The summed E-state index contributed by atoms with van der Waals surface area (Å²) >= 11 is 6.06. The van der Waals surface area contributed by atoms with Crippen LogP contribution in [-0.2, 0) is 10.0 Å². The Hall–Kier alpha value is -2.77. The van der Waals surface area contributed by atoms with E-state index in [2.05, 4.69) is 10.0 Å². The summed E-state index contributed by atoms with van der Waals surface area (Å²) in [6.45, 7) is 0. The zero-order valence-corrected chi connectivity index (χ0v) is 15.1. The van der Waals surface area contributed by atoms with Crippen LogP contribution in [0.2, 0.25) is 5.02 Å². The van der Waals surface area contributed by atoms with Gasteiger partial charge in [0.05, 0.1) is 22.7 Å². The zero-order valence-electron chi connectivity index (χ0n) is 13.5. The van der Waals surface area contributed by atoms with Crippen molar-refractivity contribution in [2.24, 2.45) is 0 Å². The first-order chi connectivity index (χ1) is 12.4. The lowest BCUT2D eigenvalue weighted by atomic mass is 10.1. The van der Waals surface area contributed by atoms with E-state index in [-0.39, 0.29) is 10.8 Å². The molecule has 3 aromatic rings. The summed E-state index contributed by atoms with van der Waals surface area (Å²) in [6, 6.07) is 12.7. The third kappa shape index (κ3) is 2.56. The Morgan fingerprint density at radius 3 is 2.65 bits per heavy atom. The third-order valence-electron chi connectivity index (χ3n) is 4.19. The van der Waals surface area contributed by atoms with Crippen LogP contribution in [0.5, 0.6) is 5.75 Å². The number of amides is 1. The van der Waals surface area contributed by atoms with Crippen molar-refractivity contribution >= 4 is 49.7 Å². The fraction of sp³-hybridized carbons (Fsp3) is 0.0556. The minimum absolute atomic E-state index is 0.0848. The number of hydrogen-bond acceptors (Lipinski definition) is 4. The van der Waals surface area contributed by atoms with Crippen molar-refractivity contribution in [2.75, 3.05) is 17.1 Å². The van der Waals surface area contributed by atoms with Gasteiger partial charge in [-0.1, -0.05) is 23.7 Å². The van der Waals surface area contributed by atoms with Crippen LogP contribution in [0, 0.1) is 0 Å². The molecule has 4 rings (SSSR count). The molecule has 0 bridgehead atoms. The Kier molecular flexibility index (Phi) is 3.78. The first-order valence-electron chi connectivity index (χ1n) is 7.64. The normalized spacial score (nSPS) is 12.9. The molecule has 0 saturated carbocycles. The van der Waals surface area contributed by atoms with E-state index in [0.29, 0.717) is 38.5 Å². The lowest BCUT2D eigenvalue weighted by Crippen LogP contribution is -2.13. The number of anilines is 2. The highest BCUT2D eigenvalue weighted by atomic mass is 35.5. The SMILES string of the molecule is COc1ccc(NS(=O)(=O)c2ccc3c4c(cccc24)C(=O)N3)cc1Cl. The number of halogens is 1. The molecule has 0 atom stereocenters. The second-order valence-electron chi connectivity index (χ2n) is 5.75. The van der Waals surface area contributed by atoms with E-state index >= 15 is 0 Å². The predicted molar refractivity (Wildman–Crippen MR) is 101 cm³/mol. The first kappa shape index (κ1) is 16.7. The highest BCUT2D eigenvalue weighted by Gasteiger charge is 2.26. The van der Waals surface area contributed by atoms with Gasteiger partial charge in [0.1, 0.15) is 5.75 Å². The Labute approximate surface area is 154 Å². The van der Waals surface area contributed by atoms with Gasteiger partial charge in [0.15, 0.2) is 0 Å². The van der Waals surface area contributed by atoms with Crippen molar-refractivity contribution < 1.29 is 17.9 Å². The topological polar surface area (TPSA) is 84.5 Å². The minimum Gasteiger partial charge on any atom is -0.495 e. The van der Waals surface area contributed by atoms with Gasteiger partial charge in [0, 0.05) is 22.0 Å². The molecule has 6 nitrogen and oxygen atoms in total. The summed E-state index contributed by atoms with van der Waals surface area (Å²) < 4.78 is 33.4. The molecule has 0 spiro atoms. The second-order valence-corrected chi connectivity index (χ2v) is 7.81. The number of ether oxygens (including phenoxy) is 1. The van der Waals surface area contributed by atoms with Gasteiger partial charge < -0.3 is 10.1 Å². The fourth-order valence-electron chi connectivity index (χ4n) is 3.04. The summed E-state index contributed by atoms with van der Waals surface area (Å²) in [5.74, 6) is 0.208. The average Bonchev–Trinajstić information content (AvgIpc) is 2.93. The molecule has 1 amide bonds. The van der Waals surface area contributed by atoms with Gasteiger partial charge in [0.2, 0.25) is 0 Å². The van der Waals surface area contributed by atoms with Crippen LogP contribution in [0.1, 0.15) is 10.4 Å². The predicted octanol–water partition coefficient (Wildman–Crippen LogP) is 3.87. The quantitative estimate of drug-likeness (QED) is 0.710. The molecule has 132 valence electrons. The minimum atomic E-state index is -3.89. The summed E-state index contributed by atoms with van der Waals surface area (Å²) in [6.07, 6.45) is 0. The largest absolute Gasteiger partial charge is 0.495 e. The van der Waals surface area contributed by atoms with Crippen LogP contribution in [0.4, 0.5) is 11.4 Å². The molecule has 8 heteroatoms. The van der Waals surface area contributed by atoms with E-state index in [1.54, 1.807) is 36.4 Å². The Morgan fingerprint density at radius 1 is 1.12 bits per heavy atom. The third-order valence-corrected chi connectivity index (χ3v) is 5.92. The number of methoxy groups -OCH3 is 1. The van der Waals surface area contributed by atoms with Crippen molar-refractivity contribution in [3.05, 3.63) is 59.1 Å². The number of hydrogen-bond donors (Lipinski definition) is 2. The number of sulfonamides is 1. The van der Waals surface area contributed by atoms with Crippen molar-refractivity contribution in [1.82, 2.24) is 0 Å². The number of rotatable bonds is 4. The molecule has 1 aliphatic rings. The van der Waals surface area contributed by atoms with Gasteiger partial charge in [-0.25, -0.2) is 8.42 Å². The van der Waals surface area contributed by atoms with Crippen LogP contribution in [0.25, 0.3) is 10.8 Å². The monoisotopic (exact) mass is 388 g/mol. The molecule has 0 aliphatic carbocycles. The fourth-order valence-corrected chi connectivity index (χ4v) is 4.55. The van der Waals surface area contributed by atoms with Crippen molar-refractivity contribution in [1.29, 1.82) is 0 Å². The maximum absolute atomic E-state index is 12.9. The van der Waals surface area contributed by atoms with Gasteiger partial charge in [-0.05, 0) is 36.4 Å². The molecule has 0 aromatic heterocycles. The summed E-state index contributed by atoms with van der Waals surface area (Å²) in [7, 11) is -2.41. The standard InChI is InChI=1S/C18H13ClN2O4S/c1-25-15-7-5-10(9-13(15)19)21-26(23,24)16-8-6-14-17-11(16)3-2-4-12(17)18(22)20-14/h2-9,21H,1H3,(H,20,22). The van der Waals surface area contributed by atoms with Gasteiger partial charge in [-0.3, -0.25) is 9.52 Å². The van der Waals surface area contributed by atoms with E-state index in [1.807, 2.05) is 0 Å². The van der Waals surface area contributed by atoms with Gasteiger partial charge in [-0.15, -0.1) is 0 Å². The van der Waals surface area contributed by atoms with Crippen LogP contribution in [-0.4, -0.2) is 21.4 Å². The van der Waals surface area contributed by atoms with E-state index in [0.717, 1.165) is 0 Å². The molecule has 1 aliphatic heterocycles. The zero-order chi connectivity index (χ0) is 18.5. The van der Waals surface area contributed by atoms with Crippen LogP contribution >= 0.6 is 11.6 Å². The van der Waals surface area contributed by atoms with E-state index < -0.39 is 10.0 Å². The Bertz CT molecular complexity index is 1180. The molecule has 3 aromatic carbocycles. The van der Waals surface area contributed by atoms with Crippen molar-refractivity contribution in [3.63, 3.8) is 0 Å². The van der Waals surface area contributed by atoms with Crippen molar-refractivity contribution in [3.8, 4) is 5.75 Å². The molecule has 0 saturated heterocycles. The van der Waals surface area contributed by atoms with E-state index in [9.17, 15) is 13.2 Å². The molecule has 2 N–H and O–H groups in total.